The van der Waals surface area contributed by atoms with Crippen LogP contribution in [0.4, 0.5) is 0 Å². The largest absolute Gasteiger partial charge is 0.370 e. The van der Waals surface area contributed by atoms with E-state index in [-0.39, 0.29) is 12.0 Å². The normalized spacial score (nSPS) is 18.9. The number of nitrogens with zero attached hydrogens (tertiary/aromatic N) is 5. The van der Waals surface area contributed by atoms with Gasteiger partial charge in [0.2, 0.25) is 5.91 Å². The molecule has 1 N–H and O–H groups in total. The number of nitrogens with one attached hydrogen (secondary N) is 1. The van der Waals surface area contributed by atoms with Gasteiger partial charge in [-0.3, -0.25) is 14.5 Å². The first-order valence-electron chi connectivity index (χ1n) is 11.1. The topological polar surface area (TPSA) is 75.0 Å². The van der Waals surface area contributed by atoms with Gasteiger partial charge in [-0.1, -0.05) is 24.3 Å². The summed E-state index contributed by atoms with van der Waals surface area (Å²) < 4.78 is 7.75. The van der Waals surface area contributed by atoms with E-state index in [1.165, 1.54) is 11.1 Å². The van der Waals surface area contributed by atoms with Crippen molar-refractivity contribution in [2.75, 3.05) is 32.8 Å². The van der Waals surface area contributed by atoms with Crippen LogP contribution in [0, 0.1) is 0 Å². The lowest BCUT2D eigenvalue weighted by atomic mass is 10.1. The van der Waals surface area contributed by atoms with E-state index < -0.39 is 0 Å². The molecule has 0 saturated carbocycles. The number of morpholine rings is 1. The predicted molar refractivity (Wildman–Crippen MR) is 119 cm³/mol. The Balaban J connectivity index is 1.28. The molecule has 0 aliphatic carbocycles. The molecule has 1 unspecified atom stereocenters. The van der Waals surface area contributed by atoms with E-state index in [1.54, 1.807) is 4.68 Å². The summed E-state index contributed by atoms with van der Waals surface area (Å²) in [7, 11) is 1.91. The Bertz CT molecular complexity index is 899. The minimum absolute atomic E-state index is 0.00955. The number of benzene rings is 1. The summed E-state index contributed by atoms with van der Waals surface area (Å²) in [6.45, 7) is 7.15. The highest BCUT2D eigenvalue weighted by Crippen LogP contribution is 2.23. The van der Waals surface area contributed by atoms with Crippen molar-refractivity contribution in [3.05, 3.63) is 53.3 Å². The lowest BCUT2D eigenvalue weighted by molar-refractivity contribution is -0.131. The third kappa shape index (κ3) is 5.25. The number of carbonyl (C=O) groups excluding carboxylic acids is 1. The molecule has 8 nitrogen and oxygen atoms in total. The Morgan fingerprint density at radius 2 is 2.03 bits per heavy atom. The van der Waals surface area contributed by atoms with Gasteiger partial charge in [-0.25, -0.2) is 0 Å². The number of guanidine groups is 1. The Hall–Kier alpha value is -2.87. The van der Waals surface area contributed by atoms with E-state index in [1.807, 2.05) is 36.5 Å². The van der Waals surface area contributed by atoms with Crippen molar-refractivity contribution in [2.45, 2.75) is 39.0 Å². The molecule has 1 amide bonds. The standard InChI is InChI=1S/C23H32N6O2/c1-3-24-23(28-11-12-31-21(17-28)20-13-26-27(2)14-20)25-10-6-9-22(30)29-15-18-7-4-5-8-19(18)16-29/h4-5,7-8,13-14,21H,3,6,9-12,15-17H2,1-2H3,(H,24,25). The summed E-state index contributed by atoms with van der Waals surface area (Å²) in [5.41, 5.74) is 3.61. The number of aryl methyl sites for hydroxylation is 1. The maximum atomic E-state index is 12.6. The first-order chi connectivity index (χ1) is 15.1. The minimum Gasteiger partial charge on any atom is -0.370 e. The van der Waals surface area contributed by atoms with Gasteiger partial charge in [-0.15, -0.1) is 0 Å². The molecule has 3 heterocycles. The van der Waals surface area contributed by atoms with Gasteiger partial charge in [0.05, 0.1) is 19.3 Å². The fraction of sp³-hybridized carbons (Fsp3) is 0.522. The summed E-state index contributed by atoms with van der Waals surface area (Å²) in [6.07, 6.45) is 5.13. The average Bonchev–Trinajstić information content (AvgIpc) is 3.42. The van der Waals surface area contributed by atoms with E-state index >= 15 is 0 Å². The summed E-state index contributed by atoms with van der Waals surface area (Å²) in [5, 5.41) is 7.65. The SMILES string of the molecule is CCNC(=NCCCC(=O)N1Cc2ccccc2C1)N1CCOC(c2cnn(C)c2)C1. The van der Waals surface area contributed by atoms with Gasteiger partial charge in [-0.05, 0) is 24.5 Å². The number of aromatic nitrogens is 2. The average molecular weight is 425 g/mol. The maximum absolute atomic E-state index is 12.6. The fourth-order valence-electron chi connectivity index (χ4n) is 4.16. The van der Waals surface area contributed by atoms with Crippen LogP contribution in [-0.2, 0) is 29.7 Å². The summed E-state index contributed by atoms with van der Waals surface area (Å²) in [4.78, 5) is 21.6. The van der Waals surface area contributed by atoms with Crippen molar-refractivity contribution >= 4 is 11.9 Å². The second-order valence-electron chi connectivity index (χ2n) is 8.11. The Kier molecular flexibility index (Phi) is 6.86. The molecule has 0 spiro atoms. The van der Waals surface area contributed by atoms with Crippen LogP contribution in [0.25, 0.3) is 0 Å². The van der Waals surface area contributed by atoms with Crippen molar-refractivity contribution in [1.82, 2.24) is 24.9 Å². The van der Waals surface area contributed by atoms with E-state index in [4.69, 9.17) is 9.73 Å². The molecule has 8 heteroatoms. The van der Waals surface area contributed by atoms with Crippen molar-refractivity contribution in [2.24, 2.45) is 12.0 Å². The molecule has 1 aromatic carbocycles. The molecule has 2 aromatic rings. The lowest BCUT2D eigenvalue weighted by Crippen LogP contribution is -2.48. The van der Waals surface area contributed by atoms with Gasteiger partial charge in [0.1, 0.15) is 6.10 Å². The number of aliphatic imine (C=N–C) groups is 1. The van der Waals surface area contributed by atoms with Crippen LogP contribution in [0.5, 0.6) is 0 Å². The Morgan fingerprint density at radius 3 is 2.71 bits per heavy atom. The van der Waals surface area contributed by atoms with E-state index in [0.717, 1.165) is 50.7 Å². The molecule has 1 atom stereocenters. The van der Waals surface area contributed by atoms with Crippen LogP contribution < -0.4 is 5.32 Å². The number of hydrogen-bond acceptors (Lipinski definition) is 4. The Labute approximate surface area is 183 Å². The molecule has 0 radical (unpaired) electrons. The molecule has 1 fully saturated rings. The number of amides is 1. The Morgan fingerprint density at radius 1 is 1.26 bits per heavy atom. The molecule has 2 aliphatic rings. The summed E-state index contributed by atoms with van der Waals surface area (Å²) >= 11 is 0. The second kappa shape index (κ2) is 9.96. The van der Waals surface area contributed by atoms with Gasteiger partial charge < -0.3 is 19.9 Å². The first-order valence-corrected chi connectivity index (χ1v) is 11.1. The number of hydrogen-bond donors (Lipinski definition) is 1. The second-order valence-corrected chi connectivity index (χ2v) is 8.11. The number of ether oxygens (including phenoxy) is 1. The van der Waals surface area contributed by atoms with Gasteiger partial charge in [0.25, 0.3) is 0 Å². The van der Waals surface area contributed by atoms with Crippen LogP contribution in [-0.4, -0.2) is 64.2 Å². The first kappa shape index (κ1) is 21.4. The third-order valence-corrected chi connectivity index (χ3v) is 5.80. The number of rotatable bonds is 6. The van der Waals surface area contributed by atoms with E-state index in [9.17, 15) is 4.79 Å². The minimum atomic E-state index is -0.00955. The zero-order valence-corrected chi connectivity index (χ0v) is 18.5. The molecule has 1 aromatic heterocycles. The van der Waals surface area contributed by atoms with E-state index in [2.05, 4.69) is 34.4 Å². The van der Waals surface area contributed by atoms with E-state index in [0.29, 0.717) is 19.6 Å². The highest BCUT2D eigenvalue weighted by molar-refractivity contribution is 5.80. The van der Waals surface area contributed by atoms with Crippen LogP contribution in [0.2, 0.25) is 0 Å². The third-order valence-electron chi connectivity index (χ3n) is 5.80. The molecule has 166 valence electrons. The summed E-state index contributed by atoms with van der Waals surface area (Å²) in [6, 6.07) is 8.29. The van der Waals surface area contributed by atoms with Crippen LogP contribution in [0.15, 0.2) is 41.7 Å². The molecule has 4 rings (SSSR count). The predicted octanol–water partition coefficient (Wildman–Crippen LogP) is 2.08. The quantitative estimate of drug-likeness (QED) is 0.437. The number of fused-ring (bicyclic) bond motifs is 1. The monoisotopic (exact) mass is 424 g/mol. The van der Waals surface area contributed by atoms with Crippen LogP contribution in [0.3, 0.4) is 0 Å². The molecule has 2 aliphatic heterocycles. The fourth-order valence-corrected chi connectivity index (χ4v) is 4.16. The number of carbonyl (C=O) groups is 1. The van der Waals surface area contributed by atoms with Crippen LogP contribution >= 0.6 is 0 Å². The van der Waals surface area contributed by atoms with Crippen LogP contribution in [0.1, 0.15) is 42.6 Å². The van der Waals surface area contributed by atoms with Crippen molar-refractivity contribution in [3.63, 3.8) is 0 Å². The van der Waals surface area contributed by atoms with Gasteiger partial charge in [0, 0.05) is 58.0 Å². The smallest absolute Gasteiger partial charge is 0.223 e. The molecular formula is C23H32N6O2. The van der Waals surface area contributed by atoms with Gasteiger partial charge in [-0.2, -0.15) is 5.10 Å². The summed E-state index contributed by atoms with van der Waals surface area (Å²) in [5.74, 6) is 1.10. The lowest BCUT2D eigenvalue weighted by Gasteiger charge is -2.34. The van der Waals surface area contributed by atoms with Crippen molar-refractivity contribution in [3.8, 4) is 0 Å². The highest BCUT2D eigenvalue weighted by Gasteiger charge is 2.25. The molecule has 31 heavy (non-hydrogen) atoms. The van der Waals surface area contributed by atoms with Crippen molar-refractivity contribution < 1.29 is 9.53 Å². The van der Waals surface area contributed by atoms with Gasteiger partial charge in [0.15, 0.2) is 5.96 Å². The highest BCUT2D eigenvalue weighted by atomic mass is 16.5. The van der Waals surface area contributed by atoms with Gasteiger partial charge >= 0.3 is 0 Å². The maximum Gasteiger partial charge on any atom is 0.223 e. The molecular weight excluding hydrogens is 392 g/mol. The van der Waals surface area contributed by atoms with Crippen molar-refractivity contribution in [1.29, 1.82) is 0 Å². The molecule has 1 saturated heterocycles. The zero-order valence-electron chi connectivity index (χ0n) is 18.5. The zero-order chi connectivity index (χ0) is 21.6. The molecule has 0 bridgehead atoms.